The molecule has 0 atom stereocenters. The van der Waals surface area contributed by atoms with Crippen molar-refractivity contribution in [2.75, 3.05) is 19.6 Å². The molecule has 1 saturated heterocycles. The maximum Gasteiger partial charge on any atom is 0.406 e. The van der Waals surface area contributed by atoms with E-state index in [4.69, 9.17) is 0 Å². The molecule has 0 spiro atoms. The molecule has 1 saturated carbocycles. The number of halogens is 3. The van der Waals surface area contributed by atoms with Crippen LogP contribution in [0.3, 0.4) is 0 Å². The van der Waals surface area contributed by atoms with Crippen molar-refractivity contribution in [2.45, 2.75) is 31.5 Å². The summed E-state index contributed by atoms with van der Waals surface area (Å²) >= 11 is 0. The lowest BCUT2D eigenvalue weighted by Gasteiger charge is -2.26. The van der Waals surface area contributed by atoms with Gasteiger partial charge in [-0.3, -0.25) is 15.3 Å². The van der Waals surface area contributed by atoms with Crippen molar-refractivity contribution in [1.82, 2.24) is 10.6 Å². The fourth-order valence-corrected chi connectivity index (χ4v) is 1.98. The highest BCUT2D eigenvalue weighted by Crippen LogP contribution is 2.48. The van der Waals surface area contributed by atoms with Crippen LogP contribution in [-0.4, -0.2) is 43.8 Å². The normalized spacial score (nSPS) is 23.4. The van der Waals surface area contributed by atoms with Gasteiger partial charge in [-0.2, -0.15) is 13.2 Å². The molecule has 112 valence electrons. The SMILES string of the molecule is C=N/C(=C\N=C(C)CNC1(C(F)(F)F)CC1)C1CNC1. The van der Waals surface area contributed by atoms with Crippen LogP contribution in [0, 0.1) is 5.92 Å². The van der Waals surface area contributed by atoms with E-state index in [1.54, 1.807) is 13.1 Å². The highest BCUT2D eigenvalue weighted by atomic mass is 19.4. The van der Waals surface area contributed by atoms with Crippen LogP contribution in [0.2, 0.25) is 0 Å². The molecule has 7 heteroatoms. The summed E-state index contributed by atoms with van der Waals surface area (Å²) in [7, 11) is 0. The number of hydrogen-bond donors (Lipinski definition) is 2. The second-order valence-corrected chi connectivity index (χ2v) is 5.37. The van der Waals surface area contributed by atoms with Crippen molar-refractivity contribution in [3.05, 3.63) is 11.9 Å². The zero-order chi connectivity index (χ0) is 14.8. The molecule has 2 rings (SSSR count). The highest BCUT2D eigenvalue weighted by Gasteiger charge is 2.62. The molecule has 2 N–H and O–H groups in total. The lowest BCUT2D eigenvalue weighted by atomic mass is 10.0. The van der Waals surface area contributed by atoms with Crippen LogP contribution in [0.5, 0.6) is 0 Å². The minimum atomic E-state index is -4.19. The Morgan fingerprint density at radius 1 is 1.45 bits per heavy atom. The van der Waals surface area contributed by atoms with Crippen LogP contribution in [0.25, 0.3) is 0 Å². The zero-order valence-electron chi connectivity index (χ0n) is 11.4. The minimum absolute atomic E-state index is 0.128. The molecule has 0 radical (unpaired) electrons. The number of nitrogens with one attached hydrogen (secondary N) is 2. The van der Waals surface area contributed by atoms with E-state index in [1.165, 1.54) is 0 Å². The first-order chi connectivity index (χ1) is 9.38. The van der Waals surface area contributed by atoms with Crippen molar-refractivity contribution in [1.29, 1.82) is 0 Å². The van der Waals surface area contributed by atoms with Gasteiger partial charge in [0, 0.05) is 37.5 Å². The predicted octanol–water partition coefficient (Wildman–Crippen LogP) is 1.89. The van der Waals surface area contributed by atoms with Crippen LogP contribution in [0.1, 0.15) is 19.8 Å². The average molecular weight is 288 g/mol. The smallest absolute Gasteiger partial charge is 0.315 e. The molecule has 0 amide bonds. The van der Waals surface area contributed by atoms with E-state index >= 15 is 0 Å². The Bertz CT molecular complexity index is 431. The standard InChI is InChI=1S/C13H19F3N4/c1-9(5-20-12(3-4-12)13(14,15)16)19-8-11(17-2)10-6-18-7-10/h8,10,18,20H,2-7H2,1H3/b11-8-,19-9?. The van der Waals surface area contributed by atoms with Gasteiger partial charge in [-0.15, -0.1) is 0 Å². The van der Waals surface area contributed by atoms with Gasteiger partial charge in [-0.1, -0.05) is 0 Å². The quantitative estimate of drug-likeness (QED) is 0.733. The van der Waals surface area contributed by atoms with Crippen LogP contribution >= 0.6 is 0 Å². The van der Waals surface area contributed by atoms with Crippen molar-refractivity contribution in [2.24, 2.45) is 15.9 Å². The van der Waals surface area contributed by atoms with Crippen molar-refractivity contribution in [3.63, 3.8) is 0 Å². The molecule has 0 aromatic heterocycles. The van der Waals surface area contributed by atoms with Gasteiger partial charge in [0.15, 0.2) is 0 Å². The van der Waals surface area contributed by atoms with E-state index in [2.05, 4.69) is 27.3 Å². The van der Waals surface area contributed by atoms with Gasteiger partial charge in [0.05, 0.1) is 5.70 Å². The van der Waals surface area contributed by atoms with Gasteiger partial charge in [0.2, 0.25) is 0 Å². The van der Waals surface area contributed by atoms with Crippen LogP contribution in [-0.2, 0) is 0 Å². The Morgan fingerprint density at radius 3 is 2.50 bits per heavy atom. The minimum Gasteiger partial charge on any atom is -0.315 e. The molecular formula is C13H19F3N4. The second-order valence-electron chi connectivity index (χ2n) is 5.37. The molecule has 1 heterocycles. The van der Waals surface area contributed by atoms with E-state index in [-0.39, 0.29) is 19.4 Å². The lowest BCUT2D eigenvalue weighted by Crippen LogP contribution is -2.46. The Morgan fingerprint density at radius 2 is 2.10 bits per heavy atom. The summed E-state index contributed by atoms with van der Waals surface area (Å²) in [5.74, 6) is 0.307. The van der Waals surface area contributed by atoms with E-state index < -0.39 is 11.7 Å². The van der Waals surface area contributed by atoms with Crippen LogP contribution in [0.15, 0.2) is 21.9 Å². The largest absolute Gasteiger partial charge is 0.406 e. The Kier molecular flexibility index (Phi) is 4.29. The van der Waals surface area contributed by atoms with Gasteiger partial charge in [-0.25, -0.2) is 0 Å². The number of nitrogens with zero attached hydrogens (tertiary/aromatic N) is 2. The number of rotatable bonds is 6. The van der Waals surface area contributed by atoms with Crippen molar-refractivity contribution in [3.8, 4) is 0 Å². The van der Waals surface area contributed by atoms with Gasteiger partial charge in [-0.05, 0) is 26.5 Å². The average Bonchev–Trinajstić information content (AvgIpc) is 3.09. The highest BCUT2D eigenvalue weighted by molar-refractivity contribution is 5.84. The van der Waals surface area contributed by atoms with Crippen molar-refractivity contribution < 1.29 is 13.2 Å². The molecule has 0 unspecified atom stereocenters. The number of alkyl halides is 3. The van der Waals surface area contributed by atoms with Gasteiger partial charge < -0.3 is 5.32 Å². The fourth-order valence-electron chi connectivity index (χ4n) is 1.98. The molecule has 0 bridgehead atoms. The van der Waals surface area contributed by atoms with E-state index in [0.29, 0.717) is 11.6 Å². The van der Waals surface area contributed by atoms with Crippen LogP contribution in [0.4, 0.5) is 13.2 Å². The number of aliphatic imine (C=N–C) groups is 2. The van der Waals surface area contributed by atoms with E-state index in [9.17, 15) is 13.2 Å². The van der Waals surface area contributed by atoms with Gasteiger partial charge in [0.25, 0.3) is 0 Å². The molecular weight excluding hydrogens is 269 g/mol. The van der Waals surface area contributed by atoms with E-state index in [0.717, 1.165) is 18.8 Å². The van der Waals surface area contributed by atoms with Crippen LogP contribution < -0.4 is 10.6 Å². The predicted molar refractivity (Wildman–Crippen MR) is 73.1 cm³/mol. The summed E-state index contributed by atoms with van der Waals surface area (Å²) in [6.07, 6.45) is -2.29. The van der Waals surface area contributed by atoms with Gasteiger partial charge >= 0.3 is 6.18 Å². The summed E-state index contributed by atoms with van der Waals surface area (Å²) in [4.78, 5) is 8.08. The molecule has 20 heavy (non-hydrogen) atoms. The Hall–Kier alpha value is -1.21. The summed E-state index contributed by atoms with van der Waals surface area (Å²) < 4.78 is 38.2. The molecule has 2 aliphatic rings. The third-order valence-corrected chi connectivity index (χ3v) is 3.77. The summed E-state index contributed by atoms with van der Waals surface area (Å²) in [5.41, 5.74) is -0.306. The molecule has 1 aliphatic heterocycles. The van der Waals surface area contributed by atoms with Gasteiger partial charge in [0.1, 0.15) is 5.54 Å². The second kappa shape index (κ2) is 5.65. The first kappa shape index (κ1) is 15.2. The first-order valence-corrected chi connectivity index (χ1v) is 6.60. The van der Waals surface area contributed by atoms with E-state index in [1.807, 2.05) is 0 Å². The Balaban J connectivity index is 1.88. The summed E-state index contributed by atoms with van der Waals surface area (Å²) in [6.45, 7) is 7.01. The first-order valence-electron chi connectivity index (χ1n) is 6.60. The maximum absolute atomic E-state index is 12.7. The van der Waals surface area contributed by atoms with Crippen molar-refractivity contribution >= 4 is 12.4 Å². The zero-order valence-corrected chi connectivity index (χ0v) is 11.4. The molecule has 0 aromatic rings. The molecule has 2 fully saturated rings. The third kappa shape index (κ3) is 3.27. The molecule has 4 nitrogen and oxygen atoms in total. The monoisotopic (exact) mass is 288 g/mol. The lowest BCUT2D eigenvalue weighted by molar-refractivity contribution is -0.164. The Labute approximate surface area is 116 Å². The summed E-state index contributed by atoms with van der Waals surface area (Å²) in [5, 5.41) is 5.68. The maximum atomic E-state index is 12.7. The topological polar surface area (TPSA) is 48.8 Å². The molecule has 0 aromatic carbocycles. The fraction of sp³-hybridized carbons (Fsp3) is 0.692. The third-order valence-electron chi connectivity index (χ3n) is 3.77. The summed E-state index contributed by atoms with van der Waals surface area (Å²) in [6, 6.07) is 0. The molecule has 1 aliphatic carbocycles. The number of hydrogen-bond acceptors (Lipinski definition) is 4.